The second kappa shape index (κ2) is 10.3. The number of aromatic nitrogens is 1. The molecule has 1 aromatic carbocycles. The lowest BCUT2D eigenvalue weighted by atomic mass is 9.82. The number of rotatable bonds is 7. The van der Waals surface area contributed by atoms with Crippen molar-refractivity contribution in [3.05, 3.63) is 60.0 Å². The van der Waals surface area contributed by atoms with E-state index in [0.717, 1.165) is 44.5 Å². The van der Waals surface area contributed by atoms with E-state index in [1.165, 1.54) is 24.0 Å². The van der Waals surface area contributed by atoms with E-state index in [1.54, 1.807) is 6.20 Å². The van der Waals surface area contributed by atoms with Gasteiger partial charge in [-0.25, -0.2) is 22.5 Å². The van der Waals surface area contributed by atoms with E-state index >= 15 is 0 Å². The van der Waals surface area contributed by atoms with Gasteiger partial charge in [-0.2, -0.15) is 0 Å². The van der Waals surface area contributed by atoms with Crippen molar-refractivity contribution in [3.8, 4) is 0 Å². The maximum atomic E-state index is 13.2. The van der Waals surface area contributed by atoms with Crippen LogP contribution in [0.2, 0.25) is 0 Å². The van der Waals surface area contributed by atoms with Gasteiger partial charge < -0.3 is 9.64 Å². The highest BCUT2D eigenvalue weighted by atomic mass is 32.2. The monoisotopic (exact) mass is 461 g/mol. The third-order valence-electron chi connectivity index (χ3n) is 6.63. The van der Waals surface area contributed by atoms with E-state index in [9.17, 15) is 12.8 Å². The van der Waals surface area contributed by atoms with Crippen molar-refractivity contribution in [3.63, 3.8) is 0 Å². The predicted octanol–water partition coefficient (Wildman–Crippen LogP) is 3.71. The smallest absolute Gasteiger partial charge is 0.208 e. The lowest BCUT2D eigenvalue weighted by molar-refractivity contribution is -0.00214. The van der Waals surface area contributed by atoms with E-state index in [4.69, 9.17) is 4.74 Å². The Morgan fingerprint density at radius 3 is 2.50 bits per heavy atom. The minimum absolute atomic E-state index is 0.0512. The summed E-state index contributed by atoms with van der Waals surface area (Å²) >= 11 is 0. The second-order valence-corrected chi connectivity index (χ2v) is 10.8. The van der Waals surface area contributed by atoms with Gasteiger partial charge in [-0.1, -0.05) is 18.2 Å². The van der Waals surface area contributed by atoms with Crippen molar-refractivity contribution in [2.45, 2.75) is 50.2 Å². The molecule has 4 rings (SSSR count). The largest absolute Gasteiger partial charge is 0.378 e. The molecular weight excluding hydrogens is 429 g/mol. The first-order valence-corrected chi connectivity index (χ1v) is 13.3. The molecule has 32 heavy (non-hydrogen) atoms. The molecule has 2 fully saturated rings. The van der Waals surface area contributed by atoms with Crippen molar-refractivity contribution in [2.24, 2.45) is 5.92 Å². The maximum Gasteiger partial charge on any atom is 0.208 e. The highest BCUT2D eigenvalue weighted by Gasteiger charge is 2.33. The Labute approximate surface area is 190 Å². The van der Waals surface area contributed by atoms with Crippen LogP contribution >= 0.6 is 0 Å². The average molecular weight is 462 g/mol. The molecule has 1 N–H and O–H groups in total. The molecule has 0 amide bonds. The zero-order valence-electron chi connectivity index (χ0n) is 18.5. The molecule has 0 radical (unpaired) electrons. The molecule has 1 aliphatic carbocycles. The number of halogens is 1. The fourth-order valence-corrected chi connectivity index (χ4v) is 5.80. The molecule has 174 valence electrons. The van der Waals surface area contributed by atoms with Crippen LogP contribution in [-0.4, -0.2) is 51.5 Å². The molecule has 1 saturated carbocycles. The Balaban J connectivity index is 1.34. The van der Waals surface area contributed by atoms with Gasteiger partial charge in [-0.3, -0.25) is 0 Å². The standard InChI is InChI=1S/C24H32FN3O3S/c1-32(29,30)27-23-13-15-28(24-4-2-3-14-26-24)16-20(23)17-31-22-11-7-19(8-12-22)18-5-9-21(25)10-6-18/h2-6,9-10,14,19-20,22-23,27H,7-8,11-13,15-17H2,1H3/t19-,20-,22+,23?/m0/s1. The van der Waals surface area contributed by atoms with Gasteiger partial charge in [0.05, 0.1) is 19.0 Å². The van der Waals surface area contributed by atoms with Crippen LogP contribution < -0.4 is 9.62 Å². The molecular formula is C24H32FN3O3S. The van der Waals surface area contributed by atoms with Crippen LogP contribution in [0.3, 0.4) is 0 Å². The average Bonchev–Trinajstić information content (AvgIpc) is 2.79. The number of hydrogen-bond acceptors (Lipinski definition) is 5. The summed E-state index contributed by atoms with van der Waals surface area (Å²) in [5.41, 5.74) is 1.19. The van der Waals surface area contributed by atoms with Crippen LogP contribution in [0.1, 0.15) is 43.6 Å². The number of ether oxygens (including phenoxy) is 1. The van der Waals surface area contributed by atoms with Gasteiger partial charge in [-0.15, -0.1) is 0 Å². The van der Waals surface area contributed by atoms with Crippen LogP contribution in [0.25, 0.3) is 0 Å². The van der Waals surface area contributed by atoms with Crippen molar-refractivity contribution in [1.29, 1.82) is 0 Å². The summed E-state index contributed by atoms with van der Waals surface area (Å²) in [4.78, 5) is 6.66. The van der Waals surface area contributed by atoms with Crippen molar-refractivity contribution in [1.82, 2.24) is 9.71 Å². The van der Waals surface area contributed by atoms with Crippen LogP contribution in [0.15, 0.2) is 48.7 Å². The van der Waals surface area contributed by atoms with Gasteiger partial charge >= 0.3 is 0 Å². The van der Waals surface area contributed by atoms with Crippen molar-refractivity contribution in [2.75, 3.05) is 30.9 Å². The second-order valence-electron chi connectivity index (χ2n) is 9.04. The predicted molar refractivity (Wildman–Crippen MR) is 124 cm³/mol. The lowest BCUT2D eigenvalue weighted by Gasteiger charge is -2.40. The molecule has 1 unspecified atom stereocenters. The Hall–Kier alpha value is -2.03. The third-order valence-corrected chi connectivity index (χ3v) is 7.37. The summed E-state index contributed by atoms with van der Waals surface area (Å²) in [5.74, 6) is 1.21. The molecule has 1 aliphatic heterocycles. The van der Waals surface area contributed by atoms with Gasteiger partial charge in [0, 0.05) is 31.2 Å². The molecule has 1 aromatic heterocycles. The molecule has 0 spiro atoms. The molecule has 2 aliphatic rings. The number of nitrogens with one attached hydrogen (secondary N) is 1. The minimum Gasteiger partial charge on any atom is -0.378 e. The number of pyridine rings is 1. The fraction of sp³-hybridized carbons (Fsp3) is 0.542. The first kappa shape index (κ1) is 23.1. The third kappa shape index (κ3) is 6.27. The topological polar surface area (TPSA) is 71.5 Å². The van der Waals surface area contributed by atoms with Crippen LogP contribution in [0.5, 0.6) is 0 Å². The summed E-state index contributed by atoms with van der Waals surface area (Å²) in [7, 11) is -3.29. The minimum atomic E-state index is -3.29. The zero-order chi connectivity index (χ0) is 22.6. The van der Waals surface area contributed by atoms with Crippen LogP contribution in [0, 0.1) is 11.7 Å². The van der Waals surface area contributed by atoms with E-state index in [-0.39, 0.29) is 23.9 Å². The summed E-state index contributed by atoms with van der Waals surface area (Å²) in [6, 6.07) is 12.5. The van der Waals surface area contributed by atoms with E-state index in [2.05, 4.69) is 14.6 Å². The van der Waals surface area contributed by atoms with Crippen LogP contribution in [0.4, 0.5) is 10.2 Å². The van der Waals surface area contributed by atoms with Crippen molar-refractivity contribution < 1.29 is 17.5 Å². The highest BCUT2D eigenvalue weighted by molar-refractivity contribution is 7.88. The number of nitrogens with zero attached hydrogens (tertiary/aromatic N) is 2. The number of sulfonamides is 1. The zero-order valence-corrected chi connectivity index (χ0v) is 19.3. The molecule has 0 bridgehead atoms. The number of piperidine rings is 1. The Bertz CT molecular complexity index is 964. The quantitative estimate of drug-likeness (QED) is 0.681. The molecule has 2 atom stereocenters. The molecule has 2 aromatic rings. The van der Waals surface area contributed by atoms with Gasteiger partial charge in [0.2, 0.25) is 10.0 Å². The normalized spacial score (nSPS) is 26.8. The Morgan fingerprint density at radius 2 is 1.84 bits per heavy atom. The SMILES string of the molecule is CS(=O)(=O)NC1CCN(c2ccccn2)C[C@H]1CO[C@H]1CC[C@@H](c2ccc(F)cc2)CC1. The molecule has 2 heterocycles. The number of benzene rings is 1. The first-order valence-electron chi connectivity index (χ1n) is 11.4. The van der Waals surface area contributed by atoms with Gasteiger partial charge in [0.25, 0.3) is 0 Å². The number of anilines is 1. The summed E-state index contributed by atoms with van der Waals surface area (Å²) in [6.07, 6.45) is 7.85. The molecule has 6 nitrogen and oxygen atoms in total. The Kier molecular flexibility index (Phi) is 7.43. The van der Waals surface area contributed by atoms with Gasteiger partial charge in [0.15, 0.2) is 0 Å². The van der Waals surface area contributed by atoms with E-state index in [1.807, 2.05) is 30.3 Å². The van der Waals surface area contributed by atoms with E-state index in [0.29, 0.717) is 19.1 Å². The fourth-order valence-electron chi connectivity index (χ4n) is 4.94. The maximum absolute atomic E-state index is 13.2. The first-order chi connectivity index (χ1) is 15.4. The summed E-state index contributed by atoms with van der Waals surface area (Å²) < 4.78 is 46.1. The highest BCUT2D eigenvalue weighted by Crippen LogP contribution is 2.34. The Morgan fingerprint density at radius 1 is 1.09 bits per heavy atom. The van der Waals surface area contributed by atoms with Crippen LogP contribution in [-0.2, 0) is 14.8 Å². The van der Waals surface area contributed by atoms with Crippen molar-refractivity contribution >= 4 is 15.8 Å². The molecule has 8 heteroatoms. The van der Waals surface area contributed by atoms with E-state index < -0.39 is 10.0 Å². The number of hydrogen-bond donors (Lipinski definition) is 1. The van der Waals surface area contributed by atoms with Gasteiger partial charge in [-0.05, 0) is 67.9 Å². The van der Waals surface area contributed by atoms with Gasteiger partial charge in [0.1, 0.15) is 11.6 Å². The summed E-state index contributed by atoms with van der Waals surface area (Å²) in [6.45, 7) is 1.97. The molecule has 1 saturated heterocycles. The lowest BCUT2D eigenvalue weighted by Crippen LogP contribution is -2.52. The summed E-state index contributed by atoms with van der Waals surface area (Å²) in [5, 5.41) is 0.